The van der Waals surface area contributed by atoms with E-state index >= 15 is 0 Å². The van der Waals surface area contributed by atoms with Crippen LogP contribution in [0, 0.1) is 0 Å². The van der Waals surface area contributed by atoms with E-state index in [9.17, 15) is 0 Å². The van der Waals surface area contributed by atoms with Crippen molar-refractivity contribution in [2.75, 3.05) is 18.0 Å². The third-order valence-electron chi connectivity index (χ3n) is 3.39. The molecule has 0 unspecified atom stereocenters. The van der Waals surface area contributed by atoms with E-state index in [2.05, 4.69) is 70.8 Å². The molecule has 104 valence electrons. The molecule has 19 heavy (non-hydrogen) atoms. The molecule has 0 fully saturated rings. The van der Waals surface area contributed by atoms with Gasteiger partial charge in [0.1, 0.15) is 0 Å². The molecule has 0 saturated heterocycles. The normalized spacial score (nSPS) is 17.1. The molecule has 0 aromatic carbocycles. The third-order valence-corrected chi connectivity index (χ3v) is 3.73. The van der Waals surface area contributed by atoms with Gasteiger partial charge in [-0.3, -0.25) is 0 Å². The van der Waals surface area contributed by atoms with Crippen molar-refractivity contribution in [1.82, 2.24) is 14.8 Å². The summed E-state index contributed by atoms with van der Waals surface area (Å²) in [5, 5.41) is 4.42. The Labute approximate surface area is 123 Å². The number of aromatic nitrogens is 3. The molecule has 1 aromatic rings. The lowest BCUT2D eigenvalue weighted by atomic mass is 10.0. The van der Waals surface area contributed by atoms with Gasteiger partial charge in [0.2, 0.25) is 10.7 Å². The van der Waals surface area contributed by atoms with E-state index in [0.717, 1.165) is 25.5 Å². The molecule has 0 saturated carbocycles. The average Bonchev–Trinajstić information content (AvgIpc) is 2.75. The number of nitrogens with zero attached hydrogens (tertiary/aromatic N) is 4. The first kappa shape index (κ1) is 14.3. The van der Waals surface area contributed by atoms with Gasteiger partial charge in [-0.2, -0.15) is 4.98 Å². The zero-order valence-electron chi connectivity index (χ0n) is 12.0. The number of halogens is 1. The molecule has 4 nitrogen and oxygen atoms in total. The van der Waals surface area contributed by atoms with Gasteiger partial charge in [-0.25, -0.2) is 4.68 Å². The van der Waals surface area contributed by atoms with E-state index in [4.69, 9.17) is 0 Å². The van der Waals surface area contributed by atoms with E-state index in [1.165, 1.54) is 11.1 Å². The van der Waals surface area contributed by atoms with Crippen molar-refractivity contribution in [3.05, 3.63) is 28.0 Å². The second-order valence-electron chi connectivity index (χ2n) is 5.20. The maximum atomic E-state index is 4.52. The van der Waals surface area contributed by atoms with Crippen molar-refractivity contribution in [3.8, 4) is 0 Å². The summed E-state index contributed by atoms with van der Waals surface area (Å²) in [5.41, 5.74) is 2.87. The molecule has 0 amide bonds. The maximum Gasteiger partial charge on any atom is 0.225 e. The van der Waals surface area contributed by atoms with Crippen LogP contribution in [0.4, 0.5) is 5.95 Å². The fraction of sp³-hybridized carbons (Fsp3) is 0.571. The van der Waals surface area contributed by atoms with Crippen LogP contribution in [0.25, 0.3) is 0 Å². The molecular weight excluding hydrogens is 304 g/mol. The zero-order chi connectivity index (χ0) is 14.0. The van der Waals surface area contributed by atoms with E-state index in [-0.39, 0.29) is 0 Å². The van der Waals surface area contributed by atoms with Crippen LogP contribution in [0.5, 0.6) is 0 Å². The molecule has 2 rings (SSSR count). The topological polar surface area (TPSA) is 34.0 Å². The summed E-state index contributed by atoms with van der Waals surface area (Å²) in [6.07, 6.45) is 5.39. The second kappa shape index (κ2) is 5.90. The molecule has 0 aliphatic carbocycles. The Kier molecular flexibility index (Phi) is 4.45. The minimum atomic E-state index is 0.311. The van der Waals surface area contributed by atoms with Gasteiger partial charge in [0.05, 0.1) is 6.04 Å². The Morgan fingerprint density at radius 3 is 2.74 bits per heavy atom. The van der Waals surface area contributed by atoms with Crippen LogP contribution in [-0.4, -0.2) is 27.9 Å². The van der Waals surface area contributed by atoms with Gasteiger partial charge in [0.15, 0.2) is 0 Å². The lowest BCUT2D eigenvalue weighted by Crippen LogP contribution is -2.33. The van der Waals surface area contributed by atoms with Crippen LogP contribution < -0.4 is 4.90 Å². The average molecular weight is 325 g/mol. The predicted octanol–water partition coefficient (Wildman–Crippen LogP) is 3.72. The summed E-state index contributed by atoms with van der Waals surface area (Å²) in [4.78, 5) is 6.83. The maximum absolute atomic E-state index is 4.52. The van der Waals surface area contributed by atoms with Crippen LogP contribution in [0.15, 0.2) is 28.0 Å². The van der Waals surface area contributed by atoms with E-state index in [1.54, 1.807) is 0 Å². The van der Waals surface area contributed by atoms with Crippen molar-refractivity contribution < 1.29 is 0 Å². The van der Waals surface area contributed by atoms with E-state index < -0.39 is 0 Å². The highest BCUT2D eigenvalue weighted by Gasteiger charge is 2.22. The van der Waals surface area contributed by atoms with Gasteiger partial charge in [0.25, 0.3) is 0 Å². The zero-order valence-corrected chi connectivity index (χ0v) is 13.6. The molecule has 5 heteroatoms. The molecule has 1 aliphatic heterocycles. The standard InChI is InChI=1S/C14H21BrN4/c1-5-6-12-9-18(8-7-11(12)4)14-16-13(15)17-19(14)10(2)3/h5-6,10H,7-9H2,1-4H3. The highest BCUT2D eigenvalue weighted by molar-refractivity contribution is 9.10. The number of anilines is 1. The Morgan fingerprint density at radius 2 is 2.11 bits per heavy atom. The minimum Gasteiger partial charge on any atom is -0.336 e. The van der Waals surface area contributed by atoms with Gasteiger partial charge < -0.3 is 4.90 Å². The number of rotatable bonds is 3. The van der Waals surface area contributed by atoms with Gasteiger partial charge in [-0.15, -0.1) is 5.10 Å². The van der Waals surface area contributed by atoms with Crippen molar-refractivity contribution in [1.29, 1.82) is 0 Å². The van der Waals surface area contributed by atoms with Crippen LogP contribution >= 0.6 is 15.9 Å². The van der Waals surface area contributed by atoms with Crippen LogP contribution in [0.2, 0.25) is 0 Å². The molecule has 0 atom stereocenters. The third kappa shape index (κ3) is 3.08. The molecule has 0 N–H and O–H groups in total. The number of allylic oxidation sites excluding steroid dienone is 1. The lowest BCUT2D eigenvalue weighted by Gasteiger charge is -2.30. The fourth-order valence-electron chi connectivity index (χ4n) is 2.30. The number of hydrogen-bond donors (Lipinski definition) is 0. The Balaban J connectivity index is 2.29. The van der Waals surface area contributed by atoms with Crippen molar-refractivity contribution in [3.63, 3.8) is 0 Å². The fourth-order valence-corrected chi connectivity index (χ4v) is 2.63. The summed E-state index contributed by atoms with van der Waals surface area (Å²) in [5.74, 6) is 0.955. The molecule has 0 spiro atoms. The lowest BCUT2D eigenvalue weighted by molar-refractivity contribution is 0.520. The Bertz CT molecular complexity index is 514. The van der Waals surface area contributed by atoms with Crippen molar-refractivity contribution >= 4 is 21.9 Å². The van der Waals surface area contributed by atoms with Gasteiger partial charge in [0, 0.05) is 13.1 Å². The molecule has 0 bridgehead atoms. The molecule has 1 aliphatic rings. The summed E-state index contributed by atoms with van der Waals surface area (Å²) in [6.45, 7) is 10.5. The SMILES string of the molecule is CC=CC1=C(C)CCN(c2nc(Br)nn2C(C)C)C1. The van der Waals surface area contributed by atoms with Crippen LogP contribution in [-0.2, 0) is 0 Å². The first-order valence-electron chi connectivity index (χ1n) is 6.71. The molecule has 2 heterocycles. The Morgan fingerprint density at radius 1 is 1.37 bits per heavy atom. The second-order valence-corrected chi connectivity index (χ2v) is 5.91. The van der Waals surface area contributed by atoms with E-state index in [1.807, 2.05) is 4.68 Å². The smallest absolute Gasteiger partial charge is 0.225 e. The van der Waals surface area contributed by atoms with Gasteiger partial charge in [-0.1, -0.05) is 17.7 Å². The van der Waals surface area contributed by atoms with Gasteiger partial charge >= 0.3 is 0 Å². The highest BCUT2D eigenvalue weighted by atomic mass is 79.9. The van der Waals surface area contributed by atoms with Crippen molar-refractivity contribution in [2.24, 2.45) is 0 Å². The quantitative estimate of drug-likeness (QED) is 0.849. The van der Waals surface area contributed by atoms with E-state index in [0.29, 0.717) is 10.8 Å². The van der Waals surface area contributed by atoms with Crippen LogP contribution in [0.1, 0.15) is 40.2 Å². The predicted molar refractivity (Wildman–Crippen MR) is 82.5 cm³/mol. The number of hydrogen-bond acceptors (Lipinski definition) is 3. The van der Waals surface area contributed by atoms with Crippen LogP contribution in [0.3, 0.4) is 0 Å². The van der Waals surface area contributed by atoms with Gasteiger partial charge in [-0.05, 0) is 55.6 Å². The summed E-state index contributed by atoms with van der Waals surface area (Å²) in [7, 11) is 0. The summed E-state index contributed by atoms with van der Waals surface area (Å²) in [6, 6.07) is 0.311. The van der Waals surface area contributed by atoms with Crippen molar-refractivity contribution in [2.45, 2.75) is 40.2 Å². The monoisotopic (exact) mass is 324 g/mol. The first-order valence-corrected chi connectivity index (χ1v) is 7.50. The largest absolute Gasteiger partial charge is 0.336 e. The minimum absolute atomic E-state index is 0.311. The molecular formula is C14H21BrN4. The Hall–Kier alpha value is -1.10. The summed E-state index contributed by atoms with van der Waals surface area (Å²) < 4.78 is 2.65. The molecule has 1 aromatic heterocycles. The molecule has 0 radical (unpaired) electrons. The summed E-state index contributed by atoms with van der Waals surface area (Å²) >= 11 is 3.38. The first-order chi connectivity index (χ1) is 9.02. The highest BCUT2D eigenvalue weighted by Crippen LogP contribution is 2.26.